The van der Waals surface area contributed by atoms with Gasteiger partial charge in [-0.15, -0.1) is 0 Å². The summed E-state index contributed by atoms with van der Waals surface area (Å²) in [4.78, 5) is 18.0. The van der Waals surface area contributed by atoms with E-state index in [0.29, 0.717) is 10.5 Å². The number of nitrogens with zero attached hydrogens (tertiary/aromatic N) is 2. The highest BCUT2D eigenvalue weighted by Gasteiger charge is 2.34. The van der Waals surface area contributed by atoms with Gasteiger partial charge >= 0.3 is 0 Å². The number of aromatic amines is 1. The second-order valence-electron chi connectivity index (χ2n) is 8.27. The monoisotopic (exact) mass is 455 g/mol. The van der Waals surface area contributed by atoms with E-state index in [9.17, 15) is 9.18 Å². The molecule has 3 aromatic carbocycles. The Morgan fingerprint density at radius 2 is 1.73 bits per heavy atom. The number of benzene rings is 3. The van der Waals surface area contributed by atoms with Crippen molar-refractivity contribution in [2.45, 2.75) is 6.04 Å². The molecule has 0 radical (unpaired) electrons. The maximum Gasteiger partial charge on any atom is 0.272 e. The second kappa shape index (κ2) is 7.36. The Balaban J connectivity index is 1.80. The van der Waals surface area contributed by atoms with Crippen LogP contribution in [0.25, 0.3) is 22.0 Å². The highest BCUT2D eigenvalue weighted by molar-refractivity contribution is 6.31. The van der Waals surface area contributed by atoms with Gasteiger partial charge in [-0.05, 0) is 48.0 Å². The zero-order chi connectivity index (χ0) is 22.7. The minimum atomic E-state index is -0.295. The first-order valence-corrected chi connectivity index (χ1v) is 11.0. The molecule has 0 amide bonds. The smallest absolute Gasteiger partial charge is 0.272 e. The zero-order valence-electron chi connectivity index (χ0n) is 17.7. The Bertz CT molecular complexity index is 1570. The lowest BCUT2D eigenvalue weighted by atomic mass is 9.95. The van der Waals surface area contributed by atoms with Crippen LogP contribution in [-0.4, -0.2) is 9.55 Å². The molecule has 162 valence electrons. The Labute approximate surface area is 194 Å². The number of aryl methyl sites for hydroxylation is 1. The van der Waals surface area contributed by atoms with Crippen LogP contribution in [-0.2, 0) is 7.05 Å². The maximum absolute atomic E-state index is 13.9. The first-order valence-electron chi connectivity index (χ1n) is 10.6. The summed E-state index contributed by atoms with van der Waals surface area (Å²) in [6.07, 6.45) is 3.78. The van der Waals surface area contributed by atoms with Crippen molar-refractivity contribution < 1.29 is 4.39 Å². The Morgan fingerprint density at radius 3 is 2.48 bits per heavy atom. The van der Waals surface area contributed by atoms with E-state index in [1.165, 1.54) is 12.1 Å². The van der Waals surface area contributed by atoms with Gasteiger partial charge < -0.3 is 14.5 Å². The minimum Gasteiger partial charge on any atom is -0.345 e. The normalized spacial score (nSPS) is 14.9. The molecule has 1 N–H and O–H groups in total. The largest absolute Gasteiger partial charge is 0.345 e. The summed E-state index contributed by atoms with van der Waals surface area (Å²) in [5.41, 5.74) is 6.09. The number of anilines is 2. The summed E-state index contributed by atoms with van der Waals surface area (Å²) in [5.74, 6) is -0.295. The van der Waals surface area contributed by atoms with E-state index < -0.39 is 0 Å². The summed E-state index contributed by atoms with van der Waals surface area (Å²) in [6.45, 7) is 0. The lowest BCUT2D eigenvalue weighted by molar-refractivity contribution is 0.627. The van der Waals surface area contributed by atoms with Crippen molar-refractivity contribution in [2.75, 3.05) is 4.90 Å². The predicted molar refractivity (Wildman–Crippen MR) is 131 cm³/mol. The molecule has 6 rings (SSSR count). The standard InChI is InChI=1S/C27H19ClFN3O/c1-31-15-22-20-13-17(28)7-12-23(20)32(19-10-8-18(29)9-11-19)25(16-5-3-2-4-6-16)21-14-30-27(33)26(31)24(21)22/h2-15,25H,1H3,(H,30,33). The van der Waals surface area contributed by atoms with Gasteiger partial charge in [-0.1, -0.05) is 41.9 Å². The van der Waals surface area contributed by atoms with E-state index in [1.54, 1.807) is 18.3 Å². The van der Waals surface area contributed by atoms with Crippen LogP contribution in [0.5, 0.6) is 0 Å². The van der Waals surface area contributed by atoms with Crippen molar-refractivity contribution in [3.05, 3.63) is 118 Å². The molecule has 2 aromatic heterocycles. The molecule has 0 fully saturated rings. The molecule has 0 spiro atoms. The third-order valence-electron chi connectivity index (χ3n) is 6.33. The fourth-order valence-corrected chi connectivity index (χ4v) is 5.13. The topological polar surface area (TPSA) is 41.0 Å². The molecule has 5 aromatic rings. The lowest BCUT2D eigenvalue weighted by Gasteiger charge is -2.34. The highest BCUT2D eigenvalue weighted by atomic mass is 35.5. The third-order valence-corrected chi connectivity index (χ3v) is 6.56. The summed E-state index contributed by atoms with van der Waals surface area (Å²) in [5, 5.41) is 1.50. The molecular weight excluding hydrogens is 437 g/mol. The van der Waals surface area contributed by atoms with Crippen molar-refractivity contribution in [1.29, 1.82) is 0 Å². The Morgan fingerprint density at radius 1 is 0.970 bits per heavy atom. The van der Waals surface area contributed by atoms with E-state index in [1.807, 2.05) is 54.2 Å². The molecule has 6 heteroatoms. The minimum absolute atomic E-state index is 0.145. The SMILES string of the molecule is Cn1cc2c3c(c[nH]c(=O)c31)C(c1ccccc1)N(c1ccc(F)cc1)c1ccc(Cl)cc1-2. The number of rotatable bonds is 2. The van der Waals surface area contributed by atoms with Gasteiger partial charge in [-0.2, -0.15) is 0 Å². The van der Waals surface area contributed by atoms with Crippen molar-refractivity contribution in [2.24, 2.45) is 7.05 Å². The average molecular weight is 456 g/mol. The lowest BCUT2D eigenvalue weighted by Crippen LogP contribution is -2.26. The molecule has 0 aliphatic carbocycles. The van der Waals surface area contributed by atoms with E-state index in [0.717, 1.165) is 39.0 Å². The predicted octanol–water partition coefficient (Wildman–Crippen LogP) is 6.57. The molecule has 33 heavy (non-hydrogen) atoms. The molecule has 1 atom stereocenters. The third kappa shape index (κ3) is 3.00. The number of nitrogens with one attached hydrogen (secondary N) is 1. The van der Waals surface area contributed by atoms with Gasteiger partial charge in [0.05, 0.1) is 11.7 Å². The van der Waals surface area contributed by atoms with Crippen LogP contribution in [0, 0.1) is 5.82 Å². The first kappa shape index (κ1) is 19.8. The molecule has 0 saturated carbocycles. The van der Waals surface area contributed by atoms with Gasteiger partial charge in [0, 0.05) is 52.2 Å². The highest BCUT2D eigenvalue weighted by Crippen LogP contribution is 2.50. The van der Waals surface area contributed by atoms with Crippen molar-refractivity contribution in [1.82, 2.24) is 9.55 Å². The van der Waals surface area contributed by atoms with Crippen molar-refractivity contribution in [3.63, 3.8) is 0 Å². The molecule has 1 aliphatic heterocycles. The molecular formula is C27H19ClFN3O. The summed E-state index contributed by atoms with van der Waals surface area (Å²) in [6, 6.07) is 22.1. The summed E-state index contributed by atoms with van der Waals surface area (Å²) in [7, 11) is 1.88. The molecule has 4 nitrogen and oxygen atoms in total. The quantitative estimate of drug-likeness (QED) is 0.327. The van der Waals surface area contributed by atoms with E-state index in [2.05, 4.69) is 22.0 Å². The van der Waals surface area contributed by atoms with Crippen LogP contribution >= 0.6 is 11.6 Å². The number of pyridine rings is 1. The molecule has 1 aliphatic rings. The van der Waals surface area contributed by atoms with Gasteiger partial charge in [0.1, 0.15) is 11.3 Å². The van der Waals surface area contributed by atoms with Gasteiger partial charge in [-0.3, -0.25) is 4.79 Å². The maximum atomic E-state index is 13.9. The van der Waals surface area contributed by atoms with Crippen LogP contribution < -0.4 is 10.5 Å². The number of aromatic nitrogens is 2. The van der Waals surface area contributed by atoms with Gasteiger partial charge in [0.15, 0.2) is 0 Å². The molecule has 0 saturated heterocycles. The van der Waals surface area contributed by atoms with Crippen molar-refractivity contribution in [3.8, 4) is 11.1 Å². The van der Waals surface area contributed by atoms with Gasteiger partial charge in [0.25, 0.3) is 5.56 Å². The van der Waals surface area contributed by atoms with Crippen LogP contribution in [0.4, 0.5) is 15.8 Å². The molecule has 0 bridgehead atoms. The van der Waals surface area contributed by atoms with E-state index >= 15 is 0 Å². The summed E-state index contributed by atoms with van der Waals surface area (Å²) < 4.78 is 15.7. The molecule has 3 heterocycles. The zero-order valence-corrected chi connectivity index (χ0v) is 18.5. The Kier molecular flexibility index (Phi) is 4.42. The Hall–Kier alpha value is -3.83. The van der Waals surface area contributed by atoms with Crippen molar-refractivity contribution >= 4 is 33.9 Å². The van der Waals surface area contributed by atoms with Crippen LogP contribution in [0.15, 0.2) is 90.0 Å². The van der Waals surface area contributed by atoms with Gasteiger partial charge in [-0.25, -0.2) is 4.39 Å². The number of fused-ring (bicyclic) bond motifs is 2. The number of H-pyrrole nitrogens is 1. The van der Waals surface area contributed by atoms with Crippen LogP contribution in [0.1, 0.15) is 17.2 Å². The fraction of sp³-hybridized carbons (Fsp3) is 0.0741. The average Bonchev–Trinajstić information content (AvgIpc) is 3.12. The van der Waals surface area contributed by atoms with Gasteiger partial charge in [0.2, 0.25) is 0 Å². The summed E-state index contributed by atoms with van der Waals surface area (Å²) >= 11 is 6.46. The van der Waals surface area contributed by atoms with E-state index in [4.69, 9.17) is 11.6 Å². The van der Waals surface area contributed by atoms with E-state index in [-0.39, 0.29) is 17.4 Å². The first-order chi connectivity index (χ1) is 16.0. The fourth-order valence-electron chi connectivity index (χ4n) is 4.96. The number of halogens is 2. The number of hydrogen-bond acceptors (Lipinski definition) is 2. The molecule has 1 unspecified atom stereocenters. The van der Waals surface area contributed by atoms with Crippen LogP contribution in [0.3, 0.4) is 0 Å². The van der Waals surface area contributed by atoms with Crippen LogP contribution in [0.2, 0.25) is 5.02 Å². The second-order valence-corrected chi connectivity index (χ2v) is 8.71. The number of hydrogen-bond donors (Lipinski definition) is 1.